The number of carbonyl (C=O) groups is 1. The molecule has 0 aliphatic rings. The number of methoxy groups -OCH3 is 1. The Balaban J connectivity index is 1.96. The van der Waals surface area contributed by atoms with Crippen LogP contribution in [0.1, 0.15) is 38.4 Å². The highest BCUT2D eigenvalue weighted by Gasteiger charge is 2.29. The summed E-state index contributed by atoms with van der Waals surface area (Å²) in [5, 5.41) is 5.45. The lowest BCUT2D eigenvalue weighted by molar-refractivity contribution is -0.142. The van der Waals surface area contributed by atoms with E-state index in [-0.39, 0.29) is 12.4 Å². The molecule has 158 valence electrons. The molecule has 5 nitrogen and oxygen atoms in total. The summed E-state index contributed by atoms with van der Waals surface area (Å²) < 4.78 is 13.3. The molecular weight excluding hydrogens is 400 g/mol. The number of rotatable bonds is 9. The fraction of sp³-hybridized carbons (Fsp3) is 0.333. The first-order chi connectivity index (χ1) is 14.4. The third-order valence-electron chi connectivity index (χ3n) is 5.43. The third kappa shape index (κ3) is 4.91. The molecule has 0 bridgehead atoms. The fourth-order valence-corrected chi connectivity index (χ4v) is 3.35. The van der Waals surface area contributed by atoms with E-state index in [1.54, 1.807) is 14.0 Å². The van der Waals surface area contributed by atoms with E-state index in [4.69, 9.17) is 26.2 Å². The second-order valence-electron chi connectivity index (χ2n) is 7.43. The predicted molar refractivity (Wildman–Crippen MR) is 119 cm³/mol. The van der Waals surface area contributed by atoms with Gasteiger partial charge in [-0.05, 0) is 50.1 Å². The number of carbonyl (C=O) groups excluding carboxylic acids is 1. The summed E-state index contributed by atoms with van der Waals surface area (Å²) in [5.74, 6) is 0.777. The van der Waals surface area contributed by atoms with E-state index in [1.807, 2.05) is 73.1 Å². The van der Waals surface area contributed by atoms with Crippen LogP contribution >= 0.6 is 11.6 Å². The summed E-state index contributed by atoms with van der Waals surface area (Å²) in [5.41, 5.74) is 2.81. The highest BCUT2D eigenvalue weighted by Crippen LogP contribution is 2.28. The van der Waals surface area contributed by atoms with E-state index in [9.17, 15) is 4.79 Å². The normalized spacial score (nSPS) is 13.1. The second-order valence-corrected chi connectivity index (χ2v) is 7.84. The first kappa shape index (κ1) is 22.1. The number of hydrogen-bond donors (Lipinski definition) is 0. The number of hydrogen-bond acceptors (Lipinski definition) is 4. The highest BCUT2D eigenvalue weighted by molar-refractivity contribution is 6.31. The smallest absolute Gasteiger partial charge is 0.161 e. The largest absolute Gasteiger partial charge is 0.497 e. The Kier molecular flexibility index (Phi) is 6.95. The Morgan fingerprint density at radius 3 is 2.60 bits per heavy atom. The molecule has 1 aromatic heterocycles. The van der Waals surface area contributed by atoms with Crippen LogP contribution < -0.4 is 4.74 Å². The number of aromatic nitrogens is 2. The zero-order valence-corrected chi connectivity index (χ0v) is 18.6. The third-order valence-corrected chi connectivity index (χ3v) is 5.80. The number of Topliss-reactive ketones (excluding diaryl/α,β-unsaturated/α-hetero) is 1. The van der Waals surface area contributed by atoms with Gasteiger partial charge in [-0.2, -0.15) is 5.10 Å². The van der Waals surface area contributed by atoms with Gasteiger partial charge in [0.1, 0.15) is 11.4 Å². The topological polar surface area (TPSA) is 53.4 Å². The molecule has 2 aromatic carbocycles. The molecule has 1 heterocycles. The van der Waals surface area contributed by atoms with Crippen molar-refractivity contribution in [3.8, 4) is 17.0 Å². The van der Waals surface area contributed by atoms with E-state index >= 15 is 0 Å². The first-order valence-corrected chi connectivity index (χ1v) is 10.3. The molecule has 0 aliphatic heterocycles. The van der Waals surface area contributed by atoms with Gasteiger partial charge in [0.05, 0.1) is 31.6 Å². The molecule has 0 unspecified atom stereocenters. The van der Waals surface area contributed by atoms with Gasteiger partial charge in [0.2, 0.25) is 0 Å². The number of ether oxygens (including phenoxy) is 2. The maximum Gasteiger partial charge on any atom is 0.161 e. The standard InChI is InChI=1S/C24H27ClN2O3/c1-5-24(3,17(2)28)30-16-20-14-23(18-10-8-11-21(13-18)29-4)27(26-20)15-19-9-6-7-12-22(19)25/h6-14H,5,15-16H2,1-4H3/t24-/m0/s1. The first-order valence-electron chi connectivity index (χ1n) is 9.96. The number of benzene rings is 2. The summed E-state index contributed by atoms with van der Waals surface area (Å²) in [6.45, 7) is 6.08. The summed E-state index contributed by atoms with van der Waals surface area (Å²) in [6, 6.07) is 17.5. The van der Waals surface area contributed by atoms with Crippen molar-refractivity contribution in [2.75, 3.05) is 7.11 Å². The van der Waals surface area contributed by atoms with Crippen LogP contribution in [0.5, 0.6) is 5.75 Å². The van der Waals surface area contributed by atoms with Crippen LogP contribution in [-0.4, -0.2) is 28.3 Å². The molecule has 0 saturated heterocycles. The second kappa shape index (κ2) is 9.45. The van der Waals surface area contributed by atoms with Crippen molar-refractivity contribution in [2.24, 2.45) is 0 Å². The Morgan fingerprint density at radius 1 is 1.17 bits per heavy atom. The van der Waals surface area contributed by atoms with Crippen LogP contribution in [0.4, 0.5) is 0 Å². The molecule has 1 atom stereocenters. The fourth-order valence-electron chi connectivity index (χ4n) is 3.15. The van der Waals surface area contributed by atoms with Gasteiger partial charge in [0.15, 0.2) is 5.78 Å². The van der Waals surface area contributed by atoms with Crippen molar-refractivity contribution in [3.63, 3.8) is 0 Å². The molecule has 0 aliphatic carbocycles. The van der Waals surface area contributed by atoms with Crippen molar-refractivity contribution < 1.29 is 14.3 Å². The van der Waals surface area contributed by atoms with Gasteiger partial charge in [-0.15, -0.1) is 0 Å². The van der Waals surface area contributed by atoms with Crippen LogP contribution in [0, 0.1) is 0 Å². The molecule has 0 N–H and O–H groups in total. The van der Waals surface area contributed by atoms with Crippen molar-refractivity contribution in [2.45, 2.75) is 45.9 Å². The van der Waals surface area contributed by atoms with Crippen molar-refractivity contribution in [1.82, 2.24) is 9.78 Å². The molecule has 0 amide bonds. The average Bonchev–Trinajstić information content (AvgIpc) is 3.16. The number of ketones is 1. The summed E-state index contributed by atoms with van der Waals surface area (Å²) in [7, 11) is 1.65. The van der Waals surface area contributed by atoms with Crippen LogP contribution in [0.3, 0.4) is 0 Å². The Labute approximate surface area is 182 Å². The number of nitrogens with zero attached hydrogens (tertiary/aromatic N) is 2. The van der Waals surface area contributed by atoms with E-state index in [1.165, 1.54) is 0 Å². The van der Waals surface area contributed by atoms with Crippen molar-refractivity contribution >= 4 is 17.4 Å². The molecule has 3 aromatic rings. The monoisotopic (exact) mass is 426 g/mol. The molecule has 0 radical (unpaired) electrons. The predicted octanol–water partition coefficient (Wildman–Crippen LogP) is 5.53. The molecule has 3 rings (SSSR count). The maximum atomic E-state index is 12.0. The minimum atomic E-state index is -0.817. The maximum absolute atomic E-state index is 12.0. The van der Waals surface area contributed by atoms with Gasteiger partial charge in [-0.1, -0.05) is 48.9 Å². The molecule has 0 saturated carbocycles. The summed E-state index contributed by atoms with van der Waals surface area (Å²) in [6.07, 6.45) is 0.603. The van der Waals surface area contributed by atoms with Gasteiger partial charge in [0, 0.05) is 10.6 Å². The van der Waals surface area contributed by atoms with Crippen LogP contribution in [0.15, 0.2) is 54.6 Å². The van der Waals surface area contributed by atoms with E-state index in [0.29, 0.717) is 18.0 Å². The van der Waals surface area contributed by atoms with Gasteiger partial charge in [-0.3, -0.25) is 9.48 Å². The molecular formula is C24H27ClN2O3. The van der Waals surface area contributed by atoms with Gasteiger partial charge in [-0.25, -0.2) is 0 Å². The zero-order chi connectivity index (χ0) is 21.7. The van der Waals surface area contributed by atoms with E-state index in [2.05, 4.69) is 0 Å². The highest BCUT2D eigenvalue weighted by atomic mass is 35.5. The Bertz CT molecular complexity index is 1030. The molecule has 30 heavy (non-hydrogen) atoms. The lowest BCUT2D eigenvalue weighted by atomic mass is 9.99. The van der Waals surface area contributed by atoms with Gasteiger partial charge < -0.3 is 9.47 Å². The van der Waals surface area contributed by atoms with E-state index in [0.717, 1.165) is 28.3 Å². The Hall–Kier alpha value is -2.63. The van der Waals surface area contributed by atoms with Crippen molar-refractivity contribution in [3.05, 3.63) is 70.9 Å². The average molecular weight is 427 g/mol. The lowest BCUT2D eigenvalue weighted by Gasteiger charge is -2.25. The van der Waals surface area contributed by atoms with Crippen LogP contribution in [-0.2, 0) is 22.7 Å². The quantitative estimate of drug-likeness (QED) is 0.451. The van der Waals surface area contributed by atoms with Crippen LogP contribution in [0.2, 0.25) is 5.02 Å². The van der Waals surface area contributed by atoms with Crippen molar-refractivity contribution in [1.29, 1.82) is 0 Å². The molecule has 6 heteroatoms. The van der Waals surface area contributed by atoms with Crippen LogP contribution in [0.25, 0.3) is 11.3 Å². The number of halogens is 1. The minimum absolute atomic E-state index is 0.00789. The SMILES string of the molecule is CC[C@](C)(OCc1cc(-c2cccc(OC)c2)n(Cc2ccccc2Cl)n1)C(C)=O. The molecule has 0 spiro atoms. The Morgan fingerprint density at radius 2 is 1.93 bits per heavy atom. The minimum Gasteiger partial charge on any atom is -0.497 e. The zero-order valence-electron chi connectivity index (χ0n) is 17.8. The molecule has 0 fully saturated rings. The summed E-state index contributed by atoms with van der Waals surface area (Å²) in [4.78, 5) is 12.0. The summed E-state index contributed by atoms with van der Waals surface area (Å²) >= 11 is 6.38. The lowest BCUT2D eigenvalue weighted by Crippen LogP contribution is -2.35. The van der Waals surface area contributed by atoms with Gasteiger partial charge in [0.25, 0.3) is 0 Å². The van der Waals surface area contributed by atoms with E-state index < -0.39 is 5.60 Å². The van der Waals surface area contributed by atoms with Gasteiger partial charge >= 0.3 is 0 Å².